The maximum absolute atomic E-state index is 12.8. The SMILES string of the molecule is CNC(=O)CN(C)C(=O)c1c(I)c(NC(C)=O)c(I)c(C(=O)O)c1I. The molecule has 3 N–H and O–H groups in total. The predicted octanol–water partition coefficient (Wildman–Crippen LogP) is 1.97. The lowest BCUT2D eigenvalue weighted by molar-refractivity contribution is -0.121. The van der Waals surface area contributed by atoms with E-state index in [0.29, 0.717) is 7.14 Å². The predicted molar refractivity (Wildman–Crippen MR) is 117 cm³/mol. The van der Waals surface area contributed by atoms with Crippen LogP contribution in [0.4, 0.5) is 5.69 Å². The molecule has 0 fully saturated rings. The van der Waals surface area contributed by atoms with E-state index >= 15 is 0 Å². The number of carbonyl (C=O) groups excluding carboxylic acids is 3. The number of aromatic carboxylic acids is 1. The highest BCUT2D eigenvalue weighted by Crippen LogP contribution is 2.36. The fourth-order valence-electron chi connectivity index (χ4n) is 1.88. The van der Waals surface area contributed by atoms with Crippen molar-refractivity contribution in [2.45, 2.75) is 6.92 Å². The zero-order chi connectivity index (χ0) is 19.5. The van der Waals surface area contributed by atoms with Crippen LogP contribution in [0.15, 0.2) is 0 Å². The van der Waals surface area contributed by atoms with Gasteiger partial charge >= 0.3 is 5.97 Å². The molecule has 0 saturated heterocycles. The minimum atomic E-state index is -1.21. The van der Waals surface area contributed by atoms with Crippen LogP contribution >= 0.6 is 67.8 Å². The third-order valence-electron chi connectivity index (χ3n) is 3.05. The second-order valence-electron chi connectivity index (χ2n) is 4.89. The smallest absolute Gasteiger partial charge is 0.337 e. The zero-order valence-corrected chi connectivity index (χ0v) is 19.8. The van der Waals surface area contributed by atoms with E-state index in [0.717, 1.165) is 0 Å². The summed E-state index contributed by atoms with van der Waals surface area (Å²) in [7, 11) is 2.90. The van der Waals surface area contributed by atoms with Crippen LogP contribution in [0, 0.1) is 10.7 Å². The molecule has 0 atom stereocenters. The van der Waals surface area contributed by atoms with Crippen LogP contribution in [-0.2, 0) is 9.59 Å². The summed E-state index contributed by atoms with van der Waals surface area (Å²) in [5.74, 6) is -2.46. The van der Waals surface area contributed by atoms with Gasteiger partial charge in [-0.25, -0.2) is 4.79 Å². The van der Waals surface area contributed by atoms with Crippen LogP contribution in [0.3, 0.4) is 0 Å². The number of carboxylic acids is 1. The van der Waals surface area contributed by atoms with Crippen molar-refractivity contribution < 1.29 is 24.3 Å². The molecule has 136 valence electrons. The molecule has 0 heterocycles. The minimum absolute atomic E-state index is 0.0675. The van der Waals surface area contributed by atoms with E-state index in [1.165, 1.54) is 25.9 Å². The van der Waals surface area contributed by atoms with Gasteiger partial charge in [-0.05, 0) is 67.8 Å². The molecule has 0 saturated carbocycles. The number of carboxylic acid groups (broad SMARTS) is 1. The molecule has 0 aliphatic carbocycles. The molecule has 0 aromatic heterocycles. The van der Waals surface area contributed by atoms with E-state index in [4.69, 9.17) is 0 Å². The Morgan fingerprint density at radius 2 is 1.56 bits per heavy atom. The van der Waals surface area contributed by atoms with Crippen LogP contribution in [0.25, 0.3) is 0 Å². The van der Waals surface area contributed by atoms with Crippen LogP contribution in [0.2, 0.25) is 0 Å². The summed E-state index contributed by atoms with van der Waals surface area (Å²) < 4.78 is 1.00. The quantitative estimate of drug-likeness (QED) is 0.411. The summed E-state index contributed by atoms with van der Waals surface area (Å²) >= 11 is 5.52. The summed E-state index contributed by atoms with van der Waals surface area (Å²) in [5.41, 5.74) is 0.333. The molecule has 25 heavy (non-hydrogen) atoms. The Labute approximate surface area is 184 Å². The summed E-state index contributed by atoms with van der Waals surface area (Å²) in [6, 6.07) is 0. The number of likely N-dealkylation sites (N-methyl/N-ethyl adjacent to an activating group) is 2. The van der Waals surface area contributed by atoms with Gasteiger partial charge in [-0.15, -0.1) is 0 Å². The van der Waals surface area contributed by atoms with Crippen molar-refractivity contribution in [3.8, 4) is 0 Å². The number of nitrogens with zero attached hydrogens (tertiary/aromatic N) is 1. The van der Waals surface area contributed by atoms with Gasteiger partial charge in [-0.1, -0.05) is 0 Å². The number of rotatable bonds is 5. The average Bonchev–Trinajstić information content (AvgIpc) is 2.50. The first kappa shape index (κ1) is 22.3. The highest BCUT2D eigenvalue weighted by atomic mass is 127. The van der Waals surface area contributed by atoms with Gasteiger partial charge in [0.15, 0.2) is 0 Å². The Kier molecular flexibility index (Phi) is 8.30. The second-order valence-corrected chi connectivity index (χ2v) is 8.12. The Bertz CT molecular complexity index is 767. The Hall–Kier alpha value is -0.710. The molecule has 3 amide bonds. The average molecular weight is 685 g/mol. The zero-order valence-electron chi connectivity index (χ0n) is 13.4. The van der Waals surface area contributed by atoms with Gasteiger partial charge in [-0.3, -0.25) is 14.4 Å². The van der Waals surface area contributed by atoms with Crippen molar-refractivity contribution in [1.82, 2.24) is 10.2 Å². The van der Waals surface area contributed by atoms with Crippen molar-refractivity contribution in [1.29, 1.82) is 0 Å². The largest absolute Gasteiger partial charge is 0.478 e. The number of carbonyl (C=O) groups is 4. The van der Waals surface area contributed by atoms with Crippen LogP contribution in [0.1, 0.15) is 27.6 Å². The molecule has 1 rings (SSSR count). The molecule has 0 aliphatic heterocycles. The third kappa shape index (κ3) is 5.15. The summed E-state index contributed by atoms with van der Waals surface area (Å²) in [6.45, 7) is 1.12. The van der Waals surface area contributed by atoms with Crippen molar-refractivity contribution in [2.75, 3.05) is 26.0 Å². The highest BCUT2D eigenvalue weighted by molar-refractivity contribution is 14.1. The molecule has 1 aromatic carbocycles. The lowest BCUT2D eigenvalue weighted by atomic mass is 10.1. The topological polar surface area (TPSA) is 116 Å². The molecular weight excluding hydrogens is 671 g/mol. The molecule has 8 nitrogen and oxygen atoms in total. The number of hydrogen-bond donors (Lipinski definition) is 3. The van der Waals surface area contributed by atoms with Gasteiger partial charge in [0.1, 0.15) is 0 Å². The van der Waals surface area contributed by atoms with Crippen molar-refractivity contribution in [2.24, 2.45) is 0 Å². The van der Waals surface area contributed by atoms with Crippen molar-refractivity contribution >= 4 is 97.2 Å². The van der Waals surface area contributed by atoms with Gasteiger partial charge < -0.3 is 20.6 Å². The number of benzene rings is 1. The first-order valence-electron chi connectivity index (χ1n) is 6.70. The number of amides is 3. The number of anilines is 1. The monoisotopic (exact) mass is 685 g/mol. The summed E-state index contributed by atoms with van der Waals surface area (Å²) in [6.07, 6.45) is 0. The Morgan fingerprint density at radius 3 is 2.00 bits per heavy atom. The maximum Gasteiger partial charge on any atom is 0.337 e. The van der Waals surface area contributed by atoms with Gasteiger partial charge in [0.05, 0.1) is 30.5 Å². The minimum Gasteiger partial charge on any atom is -0.478 e. The fourth-order valence-corrected chi connectivity index (χ4v) is 6.24. The Morgan fingerprint density at radius 1 is 1.04 bits per heavy atom. The van der Waals surface area contributed by atoms with E-state index in [1.807, 2.05) is 45.2 Å². The molecule has 0 bridgehead atoms. The summed E-state index contributed by atoms with van der Waals surface area (Å²) in [5, 5.41) is 14.5. The molecule has 11 heteroatoms. The lowest BCUT2D eigenvalue weighted by Gasteiger charge is -2.21. The number of halogens is 3. The second kappa shape index (κ2) is 9.29. The molecule has 0 aliphatic rings. The first-order valence-corrected chi connectivity index (χ1v) is 9.93. The third-order valence-corrected chi connectivity index (χ3v) is 6.29. The molecule has 0 spiro atoms. The lowest BCUT2D eigenvalue weighted by Crippen LogP contribution is -2.38. The molecule has 0 radical (unpaired) electrons. The Balaban J connectivity index is 3.60. The highest BCUT2D eigenvalue weighted by Gasteiger charge is 2.29. The first-order chi connectivity index (χ1) is 11.5. The van der Waals surface area contributed by atoms with E-state index < -0.39 is 11.9 Å². The van der Waals surface area contributed by atoms with E-state index in [1.54, 1.807) is 22.6 Å². The van der Waals surface area contributed by atoms with Crippen LogP contribution < -0.4 is 10.6 Å². The van der Waals surface area contributed by atoms with E-state index in [-0.39, 0.29) is 38.7 Å². The van der Waals surface area contributed by atoms with Crippen LogP contribution in [0.5, 0.6) is 0 Å². The van der Waals surface area contributed by atoms with Crippen LogP contribution in [-0.4, -0.2) is 54.3 Å². The molecule has 0 unspecified atom stereocenters. The van der Waals surface area contributed by atoms with E-state index in [2.05, 4.69) is 10.6 Å². The standard InChI is InChI=1S/C14H14I3N3O5/c1-5(21)19-12-10(16)7(9(15)8(11(12)17)14(24)25)13(23)20(3)4-6(22)18-2/h4H2,1-3H3,(H,18,22)(H,19,21)(H,24,25). The summed E-state index contributed by atoms with van der Waals surface area (Å²) in [4.78, 5) is 48.6. The van der Waals surface area contributed by atoms with E-state index in [9.17, 15) is 24.3 Å². The number of nitrogens with one attached hydrogen (secondary N) is 2. The molecular formula is C14H14I3N3O5. The maximum atomic E-state index is 12.8. The normalized spacial score (nSPS) is 10.2. The number of hydrogen-bond acceptors (Lipinski definition) is 4. The van der Waals surface area contributed by atoms with Crippen molar-refractivity contribution in [3.63, 3.8) is 0 Å². The van der Waals surface area contributed by atoms with Gasteiger partial charge in [-0.2, -0.15) is 0 Å². The van der Waals surface area contributed by atoms with Gasteiger partial charge in [0.2, 0.25) is 11.8 Å². The van der Waals surface area contributed by atoms with Gasteiger partial charge in [0, 0.05) is 24.6 Å². The molecule has 1 aromatic rings. The van der Waals surface area contributed by atoms with Crippen molar-refractivity contribution in [3.05, 3.63) is 21.8 Å². The van der Waals surface area contributed by atoms with Gasteiger partial charge in [0.25, 0.3) is 5.91 Å². The fraction of sp³-hybridized carbons (Fsp3) is 0.286.